The molecule has 0 aliphatic heterocycles. The minimum Gasteiger partial charge on any atom is -0.346 e. The molecule has 128 valence electrons. The summed E-state index contributed by atoms with van der Waals surface area (Å²) in [5.41, 5.74) is 5.13. The van der Waals surface area contributed by atoms with E-state index in [9.17, 15) is 13.2 Å². The molecule has 0 fully saturated rings. The third kappa shape index (κ3) is 17.0. The first kappa shape index (κ1) is 24.9. The second-order valence-electron chi connectivity index (χ2n) is 5.44. The van der Waals surface area contributed by atoms with Gasteiger partial charge in [-0.25, -0.2) is 0 Å². The maximum Gasteiger partial charge on any atom is 0.322 e. The zero-order valence-corrected chi connectivity index (χ0v) is 17.0. The normalized spacial score (nSPS) is 11.0. The quantitative estimate of drug-likeness (QED) is 0.292. The zero-order chi connectivity index (χ0) is 16.0. The van der Waals surface area contributed by atoms with Crippen LogP contribution in [0.25, 0.3) is 0 Å². The number of hydrogen-bond acceptors (Lipinski definition) is 5. The van der Waals surface area contributed by atoms with E-state index in [2.05, 4.69) is 11.1 Å². The van der Waals surface area contributed by atoms with Gasteiger partial charge in [0.05, 0.1) is 5.75 Å². The Kier molecular flexibility index (Phi) is 18.7. The van der Waals surface area contributed by atoms with Gasteiger partial charge in [0.2, 0.25) is 0 Å². The van der Waals surface area contributed by atoms with E-state index >= 15 is 0 Å². The van der Waals surface area contributed by atoms with E-state index in [4.69, 9.17) is 5.73 Å². The van der Waals surface area contributed by atoms with Crippen LogP contribution in [0.15, 0.2) is 0 Å². The first-order chi connectivity index (χ1) is 10.0. The van der Waals surface area contributed by atoms with Crippen LogP contribution in [0.1, 0.15) is 77.6 Å². The molecule has 5 nitrogen and oxygen atoms in total. The molecule has 0 saturated carbocycles. The van der Waals surface area contributed by atoms with Crippen LogP contribution in [0.3, 0.4) is 0 Å². The van der Waals surface area contributed by atoms with Crippen molar-refractivity contribution in [2.45, 2.75) is 77.6 Å². The summed E-state index contributed by atoms with van der Waals surface area (Å²) in [7, 11) is -3.77. The van der Waals surface area contributed by atoms with Gasteiger partial charge >= 0.3 is 16.1 Å². The Morgan fingerprint density at radius 2 is 1.36 bits per heavy atom. The van der Waals surface area contributed by atoms with Crippen molar-refractivity contribution in [3.63, 3.8) is 0 Å². The van der Waals surface area contributed by atoms with Gasteiger partial charge in [-0.3, -0.25) is 4.79 Å². The Labute approximate surface area is 165 Å². The molecule has 0 aromatic carbocycles. The summed E-state index contributed by atoms with van der Waals surface area (Å²) in [4.78, 5) is 11.3. The van der Waals surface area contributed by atoms with E-state index in [0.717, 1.165) is 12.8 Å². The molecule has 7 heteroatoms. The molecule has 0 heterocycles. The molecule has 0 rings (SSSR count). The fraction of sp³-hybridized carbons (Fsp3) is 0.933. The molecule has 2 N–H and O–H groups in total. The van der Waals surface area contributed by atoms with Crippen LogP contribution in [0.4, 0.5) is 0 Å². The van der Waals surface area contributed by atoms with Crippen LogP contribution in [0.5, 0.6) is 0 Å². The van der Waals surface area contributed by atoms with Crippen molar-refractivity contribution in [2.24, 2.45) is 5.73 Å². The summed E-state index contributed by atoms with van der Waals surface area (Å²) in [6.07, 6.45) is 11.9. The van der Waals surface area contributed by atoms with Gasteiger partial charge in [-0.2, -0.15) is 8.42 Å². The van der Waals surface area contributed by atoms with Gasteiger partial charge in [0.25, 0.3) is 0 Å². The molecule has 0 aromatic rings. The van der Waals surface area contributed by atoms with E-state index in [1.807, 2.05) is 0 Å². The molecule has 0 aliphatic rings. The van der Waals surface area contributed by atoms with E-state index < -0.39 is 16.1 Å². The maximum absolute atomic E-state index is 11.3. The average molecular weight is 362 g/mol. The van der Waals surface area contributed by atoms with Crippen LogP contribution < -0.4 is 5.73 Å². The third-order valence-electron chi connectivity index (χ3n) is 3.32. The van der Waals surface area contributed by atoms with E-state index in [-0.39, 0.29) is 56.5 Å². The number of nitrogens with two attached hydrogens (primary N) is 1. The molecular formula is C15H31CaNO4S. The van der Waals surface area contributed by atoms with Crippen molar-refractivity contribution in [2.75, 3.05) is 12.3 Å². The Morgan fingerprint density at radius 1 is 0.909 bits per heavy atom. The van der Waals surface area contributed by atoms with Crippen molar-refractivity contribution >= 4 is 53.8 Å². The Morgan fingerprint density at radius 3 is 1.82 bits per heavy atom. The molecule has 0 aromatic heterocycles. The molecule has 0 spiro atoms. The molecule has 0 amide bonds. The third-order valence-corrected chi connectivity index (χ3v) is 4.50. The summed E-state index contributed by atoms with van der Waals surface area (Å²) >= 11 is 0. The summed E-state index contributed by atoms with van der Waals surface area (Å²) in [6, 6.07) is 0. The Hall–Kier alpha value is 0.640. The summed E-state index contributed by atoms with van der Waals surface area (Å²) in [5.74, 6) is -0.973. The van der Waals surface area contributed by atoms with Crippen molar-refractivity contribution in [3.05, 3.63) is 0 Å². The van der Waals surface area contributed by atoms with Gasteiger partial charge < -0.3 is 9.92 Å². The number of carbonyl (C=O) groups is 1. The number of unbranched alkanes of at least 4 members (excludes halogenated alkanes) is 9. The molecule has 0 unspecified atom stereocenters. The zero-order valence-electron chi connectivity index (χ0n) is 14.0. The first-order valence-electron chi connectivity index (χ1n) is 8.17. The minimum absolute atomic E-state index is 0. The van der Waals surface area contributed by atoms with Crippen molar-refractivity contribution in [1.29, 1.82) is 0 Å². The van der Waals surface area contributed by atoms with Crippen LogP contribution in [0.2, 0.25) is 0 Å². The van der Waals surface area contributed by atoms with Gasteiger partial charge in [-0.05, 0) is 6.42 Å². The number of hydrogen-bond donors (Lipinski definition) is 1. The fourth-order valence-corrected chi connectivity index (χ4v) is 2.86. The molecular weight excluding hydrogens is 330 g/mol. The molecule has 0 bridgehead atoms. The fourth-order valence-electron chi connectivity index (χ4n) is 2.13. The predicted molar refractivity (Wildman–Crippen MR) is 91.1 cm³/mol. The van der Waals surface area contributed by atoms with Crippen molar-refractivity contribution in [3.8, 4) is 0 Å². The van der Waals surface area contributed by atoms with Gasteiger partial charge in [0.1, 0.15) is 0 Å². The van der Waals surface area contributed by atoms with Crippen LogP contribution in [-0.4, -0.2) is 64.4 Å². The Balaban J connectivity index is 0. The standard InChI is InChI=1S/C15H31NO4S.Ca/c1-2-3-4-5-6-7-8-9-10-11-12-15(17)20-21(18,19)14-13-16;/h2-14,16H2,1H3;. The van der Waals surface area contributed by atoms with E-state index in [1.165, 1.54) is 44.9 Å². The van der Waals surface area contributed by atoms with Crippen molar-refractivity contribution < 1.29 is 17.4 Å². The minimum atomic E-state index is -3.77. The molecule has 0 saturated heterocycles. The number of rotatable bonds is 14. The van der Waals surface area contributed by atoms with Gasteiger partial charge in [-0.15, -0.1) is 0 Å². The van der Waals surface area contributed by atoms with Gasteiger partial charge in [-0.1, -0.05) is 64.7 Å². The van der Waals surface area contributed by atoms with E-state index in [0.29, 0.717) is 6.42 Å². The average Bonchev–Trinajstić information content (AvgIpc) is 2.40. The first-order valence-corrected chi connectivity index (χ1v) is 9.74. The SMILES string of the molecule is CCCCCCCCCCCCC(=O)OS(=O)(=O)CCN.[Ca]. The number of carbonyl (C=O) groups excluding carboxylic acids is 1. The Bertz CT molecular complexity index is 361. The molecule has 0 atom stereocenters. The van der Waals surface area contributed by atoms with E-state index in [1.54, 1.807) is 0 Å². The molecule has 22 heavy (non-hydrogen) atoms. The maximum atomic E-state index is 11.3. The smallest absolute Gasteiger partial charge is 0.322 e. The van der Waals surface area contributed by atoms with Crippen molar-refractivity contribution in [1.82, 2.24) is 0 Å². The largest absolute Gasteiger partial charge is 0.346 e. The molecule has 0 aliphatic carbocycles. The predicted octanol–water partition coefficient (Wildman–Crippen LogP) is 2.75. The summed E-state index contributed by atoms with van der Waals surface area (Å²) < 4.78 is 26.8. The summed E-state index contributed by atoms with van der Waals surface area (Å²) in [6.45, 7) is 2.18. The second kappa shape index (κ2) is 16.5. The van der Waals surface area contributed by atoms with Crippen LogP contribution >= 0.6 is 0 Å². The monoisotopic (exact) mass is 361 g/mol. The molecule has 2 radical (unpaired) electrons. The van der Waals surface area contributed by atoms with Crippen LogP contribution in [0, 0.1) is 0 Å². The topological polar surface area (TPSA) is 86.5 Å². The van der Waals surface area contributed by atoms with Gasteiger partial charge in [0.15, 0.2) is 0 Å². The van der Waals surface area contributed by atoms with Crippen LogP contribution in [-0.2, 0) is 19.1 Å². The summed E-state index contributed by atoms with van der Waals surface area (Å²) in [5, 5.41) is 0. The second-order valence-corrected chi connectivity index (χ2v) is 7.13. The van der Waals surface area contributed by atoms with Gasteiger partial charge in [0, 0.05) is 50.7 Å².